The van der Waals surface area contributed by atoms with E-state index < -0.39 is 18.6 Å². The van der Waals surface area contributed by atoms with E-state index in [1.807, 2.05) is 0 Å². The van der Waals surface area contributed by atoms with Crippen molar-refractivity contribution < 1.29 is 27.0 Å². The van der Waals surface area contributed by atoms with Gasteiger partial charge in [-0.1, -0.05) is 0 Å². The highest BCUT2D eigenvalue weighted by molar-refractivity contribution is 5.33. The van der Waals surface area contributed by atoms with Gasteiger partial charge in [0.2, 0.25) is 0 Å². The minimum Gasteiger partial charge on any atom is -0.493 e. The summed E-state index contributed by atoms with van der Waals surface area (Å²) in [6.45, 7) is -1.02. The summed E-state index contributed by atoms with van der Waals surface area (Å²) in [4.78, 5) is 0. The van der Waals surface area contributed by atoms with Crippen LogP contribution in [0.2, 0.25) is 0 Å². The molecule has 0 heterocycles. The van der Waals surface area contributed by atoms with E-state index in [1.54, 1.807) is 0 Å². The molecule has 2 N–H and O–H groups in total. The van der Waals surface area contributed by atoms with E-state index in [9.17, 15) is 17.6 Å². The van der Waals surface area contributed by atoms with Gasteiger partial charge < -0.3 is 15.2 Å². The summed E-state index contributed by atoms with van der Waals surface area (Å²) in [7, 11) is 0. The van der Waals surface area contributed by atoms with Crippen molar-refractivity contribution in [2.75, 3.05) is 19.8 Å². The van der Waals surface area contributed by atoms with Crippen molar-refractivity contribution in [1.82, 2.24) is 0 Å². The van der Waals surface area contributed by atoms with Gasteiger partial charge in [0.05, 0.1) is 13.2 Å². The number of alkyl halides is 3. The first-order valence-electron chi connectivity index (χ1n) is 5.68. The molecule has 0 spiro atoms. The highest BCUT2D eigenvalue weighted by Crippen LogP contribution is 2.19. The van der Waals surface area contributed by atoms with Gasteiger partial charge in [-0.2, -0.15) is 13.2 Å². The number of halogens is 4. The van der Waals surface area contributed by atoms with Crippen LogP contribution >= 0.6 is 0 Å². The molecule has 0 aliphatic carbocycles. The average molecular weight is 281 g/mol. The van der Waals surface area contributed by atoms with E-state index in [1.165, 1.54) is 18.2 Å². The zero-order valence-corrected chi connectivity index (χ0v) is 10.2. The van der Waals surface area contributed by atoms with E-state index in [0.717, 1.165) is 0 Å². The highest BCUT2D eigenvalue weighted by Gasteiger charge is 2.27. The predicted octanol–water partition coefficient (Wildman–Crippen LogP) is 2.63. The predicted molar refractivity (Wildman–Crippen MR) is 61.3 cm³/mol. The molecule has 0 saturated heterocycles. The quantitative estimate of drug-likeness (QED) is 0.617. The maximum absolute atomic E-state index is 12.9. The van der Waals surface area contributed by atoms with E-state index in [-0.39, 0.29) is 19.8 Å². The lowest BCUT2D eigenvalue weighted by Crippen LogP contribution is -2.18. The summed E-state index contributed by atoms with van der Waals surface area (Å²) in [5.41, 5.74) is 5.93. The molecule has 0 bridgehead atoms. The molecule has 0 saturated carbocycles. The van der Waals surface area contributed by atoms with Crippen LogP contribution in [0.4, 0.5) is 17.6 Å². The normalized spacial score (nSPS) is 11.6. The van der Waals surface area contributed by atoms with Crippen LogP contribution in [0.25, 0.3) is 0 Å². The second-order valence-electron chi connectivity index (χ2n) is 3.83. The van der Waals surface area contributed by atoms with Crippen LogP contribution in [-0.2, 0) is 11.3 Å². The summed E-state index contributed by atoms with van der Waals surface area (Å²) >= 11 is 0. The molecule has 0 aliphatic rings. The van der Waals surface area contributed by atoms with E-state index in [0.29, 0.717) is 17.7 Å². The standard InChI is InChI=1S/C12H15F4NO2/c13-10-2-3-11(9(6-10)7-17)19-5-1-4-18-8-12(14,15)16/h2-3,6H,1,4-5,7-8,17H2. The molecule has 1 aromatic rings. The molecular weight excluding hydrogens is 266 g/mol. The molecule has 0 unspecified atom stereocenters. The number of hydrogen-bond acceptors (Lipinski definition) is 3. The fourth-order valence-corrected chi connectivity index (χ4v) is 1.38. The fourth-order valence-electron chi connectivity index (χ4n) is 1.38. The minimum atomic E-state index is -4.31. The lowest BCUT2D eigenvalue weighted by molar-refractivity contribution is -0.174. The Bertz CT molecular complexity index is 396. The van der Waals surface area contributed by atoms with Gasteiger partial charge in [-0.15, -0.1) is 0 Å². The Labute approximate surface area is 108 Å². The maximum atomic E-state index is 12.9. The second kappa shape index (κ2) is 7.30. The summed E-state index contributed by atoms with van der Waals surface area (Å²) in [5.74, 6) is 0.0148. The van der Waals surface area contributed by atoms with Gasteiger partial charge >= 0.3 is 6.18 Å². The van der Waals surface area contributed by atoms with Crippen molar-refractivity contribution in [2.45, 2.75) is 19.1 Å². The number of benzene rings is 1. The average Bonchev–Trinajstić information content (AvgIpc) is 2.33. The first kappa shape index (κ1) is 15.7. The molecule has 0 radical (unpaired) electrons. The zero-order chi connectivity index (χ0) is 14.3. The molecule has 19 heavy (non-hydrogen) atoms. The van der Waals surface area contributed by atoms with E-state index in [2.05, 4.69) is 4.74 Å². The first-order valence-corrected chi connectivity index (χ1v) is 5.68. The van der Waals surface area contributed by atoms with E-state index >= 15 is 0 Å². The van der Waals surface area contributed by atoms with Crippen LogP contribution in [0.5, 0.6) is 5.75 Å². The Balaban J connectivity index is 2.26. The van der Waals surface area contributed by atoms with Gasteiger partial charge in [-0.3, -0.25) is 0 Å². The van der Waals surface area contributed by atoms with Crippen LogP contribution in [0.3, 0.4) is 0 Å². The fraction of sp³-hybridized carbons (Fsp3) is 0.500. The van der Waals surface area contributed by atoms with Crippen molar-refractivity contribution in [2.24, 2.45) is 5.73 Å². The first-order chi connectivity index (χ1) is 8.92. The third-order valence-electron chi connectivity index (χ3n) is 2.20. The Morgan fingerprint density at radius 2 is 1.89 bits per heavy atom. The number of ether oxygens (including phenoxy) is 2. The van der Waals surface area contributed by atoms with Gasteiger partial charge in [-0.05, 0) is 18.2 Å². The van der Waals surface area contributed by atoms with Crippen molar-refractivity contribution in [1.29, 1.82) is 0 Å². The highest BCUT2D eigenvalue weighted by atomic mass is 19.4. The summed E-state index contributed by atoms with van der Waals surface area (Å²) in [6.07, 6.45) is -4.01. The molecule has 0 aromatic heterocycles. The van der Waals surface area contributed by atoms with Crippen molar-refractivity contribution in [3.63, 3.8) is 0 Å². The Morgan fingerprint density at radius 1 is 1.16 bits per heavy atom. The lowest BCUT2D eigenvalue weighted by atomic mass is 10.2. The molecule has 0 atom stereocenters. The third-order valence-corrected chi connectivity index (χ3v) is 2.20. The zero-order valence-electron chi connectivity index (χ0n) is 10.2. The van der Waals surface area contributed by atoms with Crippen molar-refractivity contribution >= 4 is 0 Å². The molecule has 108 valence electrons. The van der Waals surface area contributed by atoms with Gasteiger partial charge in [0.1, 0.15) is 18.2 Å². The molecule has 7 heteroatoms. The van der Waals surface area contributed by atoms with Crippen LogP contribution in [-0.4, -0.2) is 26.0 Å². The summed E-state index contributed by atoms with van der Waals surface area (Å²) in [6, 6.07) is 3.93. The Morgan fingerprint density at radius 3 is 2.53 bits per heavy atom. The Kier molecular flexibility index (Phi) is 6.04. The van der Waals surface area contributed by atoms with Crippen molar-refractivity contribution in [3.8, 4) is 5.75 Å². The largest absolute Gasteiger partial charge is 0.493 e. The monoisotopic (exact) mass is 281 g/mol. The SMILES string of the molecule is NCc1cc(F)ccc1OCCCOCC(F)(F)F. The van der Waals surface area contributed by atoms with E-state index in [4.69, 9.17) is 10.5 Å². The maximum Gasteiger partial charge on any atom is 0.411 e. The van der Waals surface area contributed by atoms with Gasteiger partial charge in [0.25, 0.3) is 0 Å². The molecule has 1 aromatic carbocycles. The number of hydrogen-bond donors (Lipinski definition) is 1. The van der Waals surface area contributed by atoms with Crippen LogP contribution < -0.4 is 10.5 Å². The van der Waals surface area contributed by atoms with Gasteiger partial charge in [0, 0.05) is 18.5 Å². The molecule has 0 fully saturated rings. The summed E-state index contributed by atoms with van der Waals surface area (Å²) in [5, 5.41) is 0. The van der Waals surface area contributed by atoms with Crippen LogP contribution in [0.15, 0.2) is 18.2 Å². The molecule has 1 rings (SSSR count). The second-order valence-corrected chi connectivity index (χ2v) is 3.83. The molecule has 3 nitrogen and oxygen atoms in total. The van der Waals surface area contributed by atoms with Crippen LogP contribution in [0, 0.1) is 5.82 Å². The Hall–Kier alpha value is -1.34. The number of nitrogens with two attached hydrogens (primary N) is 1. The van der Waals surface area contributed by atoms with Crippen molar-refractivity contribution in [3.05, 3.63) is 29.6 Å². The topological polar surface area (TPSA) is 44.5 Å². The molecule has 0 amide bonds. The smallest absolute Gasteiger partial charge is 0.411 e. The third kappa shape index (κ3) is 6.40. The lowest BCUT2D eigenvalue weighted by Gasteiger charge is -2.11. The van der Waals surface area contributed by atoms with Gasteiger partial charge in [0.15, 0.2) is 0 Å². The van der Waals surface area contributed by atoms with Gasteiger partial charge in [-0.25, -0.2) is 4.39 Å². The minimum absolute atomic E-state index is 0.0569. The molecule has 0 aliphatic heterocycles. The molecular formula is C12H15F4NO2. The summed E-state index contributed by atoms with van der Waals surface area (Å²) < 4.78 is 57.9. The van der Waals surface area contributed by atoms with Crippen LogP contribution in [0.1, 0.15) is 12.0 Å². The number of rotatable bonds is 7.